The number of nitrogens with two attached hydrogens (primary N) is 1. The first kappa shape index (κ1) is 17.5. The summed E-state index contributed by atoms with van der Waals surface area (Å²) in [5.74, 6) is 0.679. The molecule has 0 spiro atoms. The van der Waals surface area contributed by atoms with Gasteiger partial charge in [0, 0.05) is 30.9 Å². The lowest BCUT2D eigenvalue weighted by Crippen LogP contribution is -2.22. The molecule has 0 saturated heterocycles. The van der Waals surface area contributed by atoms with Gasteiger partial charge in [-0.3, -0.25) is 4.79 Å². The smallest absolute Gasteiger partial charge is 0.253 e. The molecule has 8 heteroatoms. The van der Waals surface area contributed by atoms with Crippen molar-refractivity contribution in [2.24, 2.45) is 7.05 Å². The van der Waals surface area contributed by atoms with E-state index in [-0.39, 0.29) is 16.9 Å². The van der Waals surface area contributed by atoms with Gasteiger partial charge < -0.3 is 15.6 Å². The Balaban J connectivity index is 1.93. The van der Waals surface area contributed by atoms with E-state index in [4.69, 9.17) is 5.73 Å². The predicted molar refractivity (Wildman–Crippen MR) is 100 cm³/mol. The number of nitriles is 1. The SMILES string of the molecule is CCc1c(C)nn2c(N)c(C#N)c(NCCc3cccn(C)c3=O)nc12. The van der Waals surface area contributed by atoms with Gasteiger partial charge >= 0.3 is 0 Å². The maximum Gasteiger partial charge on any atom is 0.253 e. The van der Waals surface area contributed by atoms with Crippen LogP contribution in [0, 0.1) is 18.3 Å². The summed E-state index contributed by atoms with van der Waals surface area (Å²) < 4.78 is 3.06. The summed E-state index contributed by atoms with van der Waals surface area (Å²) >= 11 is 0. The third-order valence-electron chi connectivity index (χ3n) is 4.45. The van der Waals surface area contributed by atoms with Crippen LogP contribution in [0.25, 0.3) is 5.65 Å². The normalized spacial score (nSPS) is 10.8. The summed E-state index contributed by atoms with van der Waals surface area (Å²) in [7, 11) is 1.72. The molecule has 3 N–H and O–H groups in total. The fraction of sp³-hybridized carbons (Fsp3) is 0.333. The number of aromatic nitrogens is 4. The summed E-state index contributed by atoms with van der Waals surface area (Å²) in [5.41, 5.74) is 9.56. The lowest BCUT2D eigenvalue weighted by Gasteiger charge is -2.11. The standard InChI is InChI=1S/C18H21N7O/c1-4-13-11(2)23-25-15(20)14(10-19)16(22-17(13)25)21-8-7-12-6-5-9-24(3)18(12)26/h5-6,9H,4,7-8,20H2,1-3H3,(H,21,22). The van der Waals surface area contributed by atoms with E-state index in [1.807, 2.05) is 19.9 Å². The minimum atomic E-state index is -0.0302. The largest absolute Gasteiger partial charge is 0.382 e. The molecule has 3 aromatic heterocycles. The molecule has 0 aliphatic carbocycles. The van der Waals surface area contributed by atoms with Gasteiger partial charge in [-0.2, -0.15) is 14.9 Å². The number of rotatable bonds is 5. The molecule has 3 heterocycles. The molecular formula is C18H21N7O. The number of hydrogen-bond donors (Lipinski definition) is 2. The van der Waals surface area contributed by atoms with Crippen molar-refractivity contribution in [1.29, 1.82) is 5.26 Å². The molecular weight excluding hydrogens is 330 g/mol. The van der Waals surface area contributed by atoms with Crippen molar-refractivity contribution in [3.63, 3.8) is 0 Å². The van der Waals surface area contributed by atoms with Crippen molar-refractivity contribution in [1.82, 2.24) is 19.2 Å². The highest BCUT2D eigenvalue weighted by Crippen LogP contribution is 2.24. The molecule has 0 aliphatic heterocycles. The number of anilines is 2. The quantitative estimate of drug-likeness (QED) is 0.718. The van der Waals surface area contributed by atoms with E-state index >= 15 is 0 Å². The number of aryl methyl sites for hydroxylation is 3. The van der Waals surface area contributed by atoms with Gasteiger partial charge in [-0.15, -0.1) is 0 Å². The second-order valence-corrected chi connectivity index (χ2v) is 6.11. The fourth-order valence-corrected chi connectivity index (χ4v) is 3.03. The summed E-state index contributed by atoms with van der Waals surface area (Å²) in [6.07, 6.45) is 3.01. The van der Waals surface area contributed by atoms with E-state index in [9.17, 15) is 10.1 Å². The van der Waals surface area contributed by atoms with Crippen LogP contribution in [0.4, 0.5) is 11.6 Å². The topological polar surface area (TPSA) is 114 Å². The predicted octanol–water partition coefficient (Wildman–Crippen LogP) is 1.41. The van der Waals surface area contributed by atoms with Crippen molar-refractivity contribution in [2.75, 3.05) is 17.6 Å². The van der Waals surface area contributed by atoms with Crippen molar-refractivity contribution in [3.8, 4) is 6.07 Å². The minimum Gasteiger partial charge on any atom is -0.382 e. The van der Waals surface area contributed by atoms with Gasteiger partial charge in [0.1, 0.15) is 23.3 Å². The van der Waals surface area contributed by atoms with Gasteiger partial charge in [0.2, 0.25) is 0 Å². The number of nitrogens with zero attached hydrogens (tertiary/aromatic N) is 5. The zero-order chi connectivity index (χ0) is 18.8. The minimum absolute atomic E-state index is 0.0302. The molecule has 0 fully saturated rings. The van der Waals surface area contributed by atoms with Gasteiger partial charge in [-0.05, 0) is 25.8 Å². The van der Waals surface area contributed by atoms with Crippen LogP contribution in [0.5, 0.6) is 0 Å². The first-order valence-electron chi connectivity index (χ1n) is 8.44. The number of fused-ring (bicyclic) bond motifs is 1. The Morgan fingerprint density at radius 2 is 2.19 bits per heavy atom. The van der Waals surface area contributed by atoms with Gasteiger partial charge in [0.15, 0.2) is 5.65 Å². The van der Waals surface area contributed by atoms with E-state index < -0.39 is 0 Å². The highest BCUT2D eigenvalue weighted by Gasteiger charge is 2.18. The third kappa shape index (κ3) is 2.88. The Bertz CT molecular complexity index is 1070. The van der Waals surface area contributed by atoms with Gasteiger partial charge in [-0.1, -0.05) is 13.0 Å². The highest BCUT2D eigenvalue weighted by atomic mass is 16.1. The van der Waals surface area contributed by atoms with Crippen LogP contribution in [-0.2, 0) is 19.9 Å². The fourth-order valence-electron chi connectivity index (χ4n) is 3.03. The number of hydrogen-bond acceptors (Lipinski definition) is 6. The van der Waals surface area contributed by atoms with Gasteiger partial charge in [0.25, 0.3) is 5.56 Å². The highest BCUT2D eigenvalue weighted by molar-refractivity contribution is 5.69. The van der Waals surface area contributed by atoms with Crippen LogP contribution in [-0.4, -0.2) is 25.7 Å². The number of nitrogen functional groups attached to an aromatic ring is 1. The van der Waals surface area contributed by atoms with Crippen LogP contribution < -0.4 is 16.6 Å². The van der Waals surface area contributed by atoms with E-state index in [1.54, 1.807) is 23.9 Å². The maximum atomic E-state index is 12.1. The zero-order valence-corrected chi connectivity index (χ0v) is 15.1. The summed E-state index contributed by atoms with van der Waals surface area (Å²) in [6.45, 7) is 4.39. The molecule has 0 radical (unpaired) electrons. The Morgan fingerprint density at radius 1 is 1.42 bits per heavy atom. The van der Waals surface area contributed by atoms with Crippen LogP contribution in [0.15, 0.2) is 23.1 Å². The number of nitrogens with one attached hydrogen (secondary N) is 1. The van der Waals surface area contributed by atoms with Crippen molar-refractivity contribution in [3.05, 3.63) is 51.1 Å². The first-order chi connectivity index (χ1) is 12.5. The molecule has 3 rings (SSSR count). The maximum absolute atomic E-state index is 12.1. The Hall–Kier alpha value is -3.34. The Morgan fingerprint density at radius 3 is 2.88 bits per heavy atom. The summed E-state index contributed by atoms with van der Waals surface area (Å²) in [6, 6.07) is 5.73. The molecule has 0 aliphatic rings. The monoisotopic (exact) mass is 351 g/mol. The average molecular weight is 351 g/mol. The third-order valence-corrected chi connectivity index (χ3v) is 4.45. The van der Waals surface area contributed by atoms with Crippen LogP contribution in [0.3, 0.4) is 0 Å². The second kappa shape index (κ2) is 6.88. The molecule has 134 valence electrons. The zero-order valence-electron chi connectivity index (χ0n) is 15.1. The molecule has 0 unspecified atom stereocenters. The number of pyridine rings is 1. The molecule has 0 aromatic carbocycles. The van der Waals surface area contributed by atoms with E-state index in [1.165, 1.54) is 4.52 Å². The van der Waals surface area contributed by atoms with Crippen LogP contribution in [0.2, 0.25) is 0 Å². The molecule has 0 bridgehead atoms. The molecule has 3 aromatic rings. The lowest BCUT2D eigenvalue weighted by atomic mass is 10.2. The molecule has 0 saturated carbocycles. The van der Waals surface area contributed by atoms with E-state index in [0.29, 0.717) is 30.0 Å². The average Bonchev–Trinajstić information content (AvgIpc) is 2.94. The second-order valence-electron chi connectivity index (χ2n) is 6.11. The summed E-state index contributed by atoms with van der Waals surface area (Å²) in [4.78, 5) is 16.7. The van der Waals surface area contributed by atoms with E-state index in [2.05, 4.69) is 21.5 Å². The Labute approximate surface area is 150 Å². The van der Waals surface area contributed by atoms with Crippen molar-refractivity contribution in [2.45, 2.75) is 26.7 Å². The van der Waals surface area contributed by atoms with Gasteiger partial charge in [0.05, 0.1) is 5.69 Å². The van der Waals surface area contributed by atoms with E-state index in [0.717, 1.165) is 17.7 Å². The molecule has 26 heavy (non-hydrogen) atoms. The first-order valence-corrected chi connectivity index (χ1v) is 8.44. The van der Waals surface area contributed by atoms with Crippen molar-refractivity contribution >= 4 is 17.3 Å². The van der Waals surface area contributed by atoms with Crippen molar-refractivity contribution < 1.29 is 0 Å². The van der Waals surface area contributed by atoms with Gasteiger partial charge in [-0.25, -0.2) is 4.98 Å². The van der Waals surface area contributed by atoms with Crippen LogP contribution >= 0.6 is 0 Å². The van der Waals surface area contributed by atoms with Crippen LogP contribution in [0.1, 0.15) is 29.3 Å². The molecule has 0 atom stereocenters. The summed E-state index contributed by atoms with van der Waals surface area (Å²) in [5, 5.41) is 17.0. The Kier molecular flexibility index (Phi) is 4.63. The molecule has 0 amide bonds. The lowest BCUT2D eigenvalue weighted by molar-refractivity contribution is 0.827. The molecule has 8 nitrogen and oxygen atoms in total.